The molecule has 0 radical (unpaired) electrons. The van der Waals surface area contributed by atoms with Crippen molar-refractivity contribution in [3.8, 4) is 0 Å². The van der Waals surface area contributed by atoms with Gasteiger partial charge in [0.25, 0.3) is 15.9 Å². The van der Waals surface area contributed by atoms with E-state index in [4.69, 9.17) is 4.42 Å². The molecule has 3 N–H and O–H groups in total. The van der Waals surface area contributed by atoms with Crippen molar-refractivity contribution in [2.75, 3.05) is 7.05 Å². The van der Waals surface area contributed by atoms with Gasteiger partial charge in [-0.2, -0.15) is 0 Å². The van der Waals surface area contributed by atoms with Crippen LogP contribution in [0, 0.1) is 20.8 Å². The number of nitrogens with one attached hydrogen (secondary N) is 2. The number of aliphatic carboxylic acids is 1. The van der Waals surface area contributed by atoms with Crippen LogP contribution in [0.25, 0.3) is 0 Å². The highest BCUT2D eigenvalue weighted by molar-refractivity contribution is 7.89. The van der Waals surface area contributed by atoms with Gasteiger partial charge in [-0.15, -0.1) is 0 Å². The fraction of sp³-hybridized carbons (Fsp3) is 0.294. The van der Waals surface area contributed by atoms with Gasteiger partial charge in [-0.3, -0.25) is 4.79 Å². The van der Waals surface area contributed by atoms with Crippen molar-refractivity contribution in [2.24, 2.45) is 0 Å². The Morgan fingerprint density at radius 2 is 1.65 bits per heavy atom. The van der Waals surface area contributed by atoms with Crippen molar-refractivity contribution in [3.63, 3.8) is 0 Å². The van der Waals surface area contributed by atoms with Crippen LogP contribution < -0.4 is 10.0 Å². The Labute approximate surface area is 151 Å². The molecule has 2 rings (SSSR count). The van der Waals surface area contributed by atoms with Gasteiger partial charge in [-0.25, -0.2) is 17.9 Å². The van der Waals surface area contributed by atoms with Crippen molar-refractivity contribution >= 4 is 21.9 Å². The van der Waals surface area contributed by atoms with E-state index in [1.807, 2.05) is 19.9 Å². The van der Waals surface area contributed by atoms with Gasteiger partial charge in [0.2, 0.25) is 5.09 Å². The molecule has 0 fully saturated rings. The molecule has 1 atom stereocenters. The molecule has 0 spiro atoms. The highest BCUT2D eigenvalue weighted by atomic mass is 32.2. The second-order valence-electron chi connectivity index (χ2n) is 5.91. The molecule has 1 aromatic carbocycles. The van der Waals surface area contributed by atoms with Gasteiger partial charge >= 0.3 is 5.97 Å². The Balaban J connectivity index is 2.36. The van der Waals surface area contributed by atoms with Gasteiger partial charge in [0.1, 0.15) is 5.76 Å². The van der Waals surface area contributed by atoms with E-state index in [0.717, 1.165) is 17.2 Å². The van der Waals surface area contributed by atoms with Crippen LogP contribution in [0.1, 0.15) is 38.9 Å². The number of furan rings is 1. The first kappa shape index (κ1) is 19.7. The van der Waals surface area contributed by atoms with Crippen LogP contribution in [0.5, 0.6) is 0 Å². The van der Waals surface area contributed by atoms with Crippen LogP contribution >= 0.6 is 0 Å². The minimum atomic E-state index is -3.85. The number of amides is 1. The van der Waals surface area contributed by atoms with E-state index in [-0.39, 0.29) is 11.3 Å². The third-order valence-corrected chi connectivity index (χ3v) is 5.04. The van der Waals surface area contributed by atoms with Crippen molar-refractivity contribution in [1.29, 1.82) is 0 Å². The zero-order valence-corrected chi connectivity index (χ0v) is 15.6. The molecule has 0 aliphatic rings. The van der Waals surface area contributed by atoms with Gasteiger partial charge in [-0.1, -0.05) is 29.3 Å². The second kappa shape index (κ2) is 7.30. The first-order valence-electron chi connectivity index (χ1n) is 7.71. The maximum Gasteiger partial charge on any atom is 0.330 e. The van der Waals surface area contributed by atoms with E-state index in [9.17, 15) is 23.1 Å². The van der Waals surface area contributed by atoms with Crippen molar-refractivity contribution in [2.45, 2.75) is 31.9 Å². The monoisotopic (exact) mass is 380 g/mol. The maximum atomic E-state index is 12.5. The fourth-order valence-corrected chi connectivity index (χ4v) is 3.30. The minimum absolute atomic E-state index is 0.0468. The molecule has 1 amide bonds. The van der Waals surface area contributed by atoms with E-state index in [2.05, 4.69) is 10.0 Å². The van der Waals surface area contributed by atoms with Crippen molar-refractivity contribution in [3.05, 3.63) is 52.3 Å². The van der Waals surface area contributed by atoms with E-state index in [0.29, 0.717) is 5.56 Å². The summed E-state index contributed by atoms with van der Waals surface area (Å²) < 4.78 is 30.8. The quantitative estimate of drug-likeness (QED) is 0.700. The summed E-state index contributed by atoms with van der Waals surface area (Å²) in [6, 6.07) is 5.02. The lowest BCUT2D eigenvalue weighted by Crippen LogP contribution is -2.34. The molecule has 0 bridgehead atoms. The molecule has 1 heterocycles. The molecule has 0 aliphatic carbocycles. The van der Waals surface area contributed by atoms with Crippen LogP contribution in [0.4, 0.5) is 0 Å². The summed E-state index contributed by atoms with van der Waals surface area (Å²) in [6.07, 6.45) is 0. The maximum absolute atomic E-state index is 12.5. The molecule has 26 heavy (non-hydrogen) atoms. The number of aryl methyl sites for hydroxylation is 3. The molecule has 1 unspecified atom stereocenters. The Bertz CT molecular complexity index is 941. The SMILES string of the molecule is CNS(=O)(=O)c1cc(C(=O)NC(C(=O)O)c2cc(C)cc(C)c2)c(C)o1. The number of hydrogen-bond acceptors (Lipinski definition) is 5. The summed E-state index contributed by atoms with van der Waals surface area (Å²) in [4.78, 5) is 24.1. The zero-order valence-electron chi connectivity index (χ0n) is 14.8. The number of carbonyl (C=O) groups excluding carboxylic acids is 1. The number of benzene rings is 1. The first-order valence-corrected chi connectivity index (χ1v) is 9.19. The standard InChI is InChI=1S/C17H20N2O6S/c1-9-5-10(2)7-12(6-9)15(17(21)22)19-16(20)13-8-14(25-11(13)3)26(23,24)18-4/h5-8,15,18H,1-4H3,(H,19,20)(H,21,22). The molecule has 8 nitrogen and oxygen atoms in total. The van der Waals surface area contributed by atoms with Crippen molar-refractivity contribution in [1.82, 2.24) is 10.0 Å². The average Bonchev–Trinajstić information content (AvgIpc) is 2.94. The van der Waals surface area contributed by atoms with Gasteiger partial charge in [0.15, 0.2) is 6.04 Å². The van der Waals surface area contributed by atoms with Gasteiger partial charge in [0.05, 0.1) is 5.56 Å². The summed E-state index contributed by atoms with van der Waals surface area (Å²) in [5.74, 6) is -1.90. The number of rotatable bonds is 6. The summed E-state index contributed by atoms with van der Waals surface area (Å²) in [5, 5.41) is 11.5. The summed E-state index contributed by atoms with van der Waals surface area (Å²) in [7, 11) is -2.64. The number of carboxylic acid groups (broad SMARTS) is 1. The number of carboxylic acids is 1. The van der Waals surface area contributed by atoms with Crippen LogP contribution in [0.2, 0.25) is 0 Å². The molecule has 0 saturated carbocycles. The molecule has 1 aromatic heterocycles. The van der Waals surface area contributed by atoms with E-state index >= 15 is 0 Å². The fourth-order valence-electron chi connectivity index (χ4n) is 2.59. The molecule has 140 valence electrons. The molecular weight excluding hydrogens is 360 g/mol. The van der Waals surface area contributed by atoms with Crippen LogP contribution in [0.15, 0.2) is 33.8 Å². The first-order chi connectivity index (χ1) is 12.0. The smallest absolute Gasteiger partial charge is 0.330 e. The summed E-state index contributed by atoms with van der Waals surface area (Å²) in [5.41, 5.74) is 2.10. The minimum Gasteiger partial charge on any atom is -0.479 e. The highest BCUT2D eigenvalue weighted by Gasteiger charge is 2.27. The third kappa shape index (κ3) is 4.12. The highest BCUT2D eigenvalue weighted by Crippen LogP contribution is 2.22. The third-order valence-electron chi connectivity index (χ3n) is 3.77. The normalized spacial score (nSPS) is 12.6. The Morgan fingerprint density at radius 1 is 1.08 bits per heavy atom. The van der Waals surface area contributed by atoms with Crippen LogP contribution in [-0.2, 0) is 14.8 Å². The van der Waals surface area contributed by atoms with E-state index < -0.39 is 33.0 Å². The van der Waals surface area contributed by atoms with Gasteiger partial charge < -0.3 is 14.8 Å². The second-order valence-corrected chi connectivity index (χ2v) is 7.73. The molecule has 9 heteroatoms. The summed E-state index contributed by atoms with van der Waals surface area (Å²) in [6.45, 7) is 5.08. The molecule has 2 aromatic rings. The Kier molecular flexibility index (Phi) is 5.53. The largest absolute Gasteiger partial charge is 0.479 e. The number of sulfonamides is 1. The Morgan fingerprint density at radius 3 is 2.15 bits per heavy atom. The van der Waals surface area contributed by atoms with Gasteiger partial charge in [0, 0.05) is 6.07 Å². The topological polar surface area (TPSA) is 126 Å². The zero-order chi connectivity index (χ0) is 19.6. The van der Waals surface area contributed by atoms with Gasteiger partial charge in [-0.05, 0) is 33.4 Å². The van der Waals surface area contributed by atoms with Crippen LogP contribution in [-0.4, -0.2) is 32.4 Å². The van der Waals surface area contributed by atoms with Crippen LogP contribution in [0.3, 0.4) is 0 Å². The van der Waals surface area contributed by atoms with E-state index in [1.165, 1.54) is 14.0 Å². The molecule has 0 saturated heterocycles. The molecule has 0 aliphatic heterocycles. The Hall–Kier alpha value is -2.65. The predicted octanol–water partition coefficient (Wildman–Crippen LogP) is 1.67. The predicted molar refractivity (Wildman–Crippen MR) is 93.4 cm³/mol. The lowest BCUT2D eigenvalue weighted by Gasteiger charge is -2.16. The number of carbonyl (C=O) groups is 2. The lowest BCUT2D eigenvalue weighted by molar-refractivity contribution is -0.139. The molecular formula is C17H20N2O6S. The lowest BCUT2D eigenvalue weighted by atomic mass is 10.0. The number of hydrogen-bond donors (Lipinski definition) is 3. The van der Waals surface area contributed by atoms with E-state index in [1.54, 1.807) is 12.1 Å². The summed E-state index contributed by atoms with van der Waals surface area (Å²) >= 11 is 0. The average molecular weight is 380 g/mol. The van der Waals surface area contributed by atoms with Crippen molar-refractivity contribution < 1.29 is 27.5 Å².